The molecule has 2 amide bonds. The molecule has 1 N–H and O–H groups in total. The standard InChI is InChI=1S/C15H23N5O2/c1-19(2)14(21)20-8-3-5-15(11-20)9-12(10-22-15)18-13-16-6-4-7-17-13/h4,6-7,12H,3,5,8-11H2,1-2H3,(H,16,17,18)/t12-,15+/m1/s1. The maximum Gasteiger partial charge on any atom is 0.319 e. The Hall–Kier alpha value is -1.89. The van der Waals surface area contributed by atoms with E-state index >= 15 is 0 Å². The number of hydrogen-bond acceptors (Lipinski definition) is 5. The number of urea groups is 1. The predicted octanol–water partition coefficient (Wildman–Crippen LogP) is 1.19. The lowest BCUT2D eigenvalue weighted by molar-refractivity contribution is -0.0430. The van der Waals surface area contributed by atoms with E-state index in [0.29, 0.717) is 19.1 Å². The second-order valence-electron chi connectivity index (χ2n) is 6.31. The molecule has 0 aromatic carbocycles. The Morgan fingerprint density at radius 2 is 2.23 bits per heavy atom. The minimum absolute atomic E-state index is 0.0606. The van der Waals surface area contributed by atoms with Gasteiger partial charge in [-0.25, -0.2) is 14.8 Å². The van der Waals surface area contributed by atoms with Crippen molar-refractivity contribution >= 4 is 12.0 Å². The summed E-state index contributed by atoms with van der Waals surface area (Å²) in [6.45, 7) is 2.10. The molecule has 7 nitrogen and oxygen atoms in total. The van der Waals surface area contributed by atoms with Crippen molar-refractivity contribution in [2.75, 3.05) is 39.1 Å². The van der Waals surface area contributed by atoms with E-state index in [0.717, 1.165) is 25.8 Å². The summed E-state index contributed by atoms with van der Waals surface area (Å²) >= 11 is 0. The molecule has 7 heteroatoms. The van der Waals surface area contributed by atoms with Gasteiger partial charge in [-0.1, -0.05) is 0 Å². The van der Waals surface area contributed by atoms with Crippen molar-refractivity contribution in [2.45, 2.75) is 30.9 Å². The smallest absolute Gasteiger partial charge is 0.319 e. The lowest BCUT2D eigenvalue weighted by Crippen LogP contribution is -2.52. The molecule has 1 aromatic heterocycles. The maximum atomic E-state index is 12.2. The van der Waals surface area contributed by atoms with Gasteiger partial charge in [-0.2, -0.15) is 0 Å². The van der Waals surface area contributed by atoms with E-state index in [2.05, 4.69) is 15.3 Å². The summed E-state index contributed by atoms with van der Waals surface area (Å²) in [6, 6.07) is 2.05. The molecule has 1 spiro atoms. The summed E-state index contributed by atoms with van der Waals surface area (Å²) < 4.78 is 6.10. The van der Waals surface area contributed by atoms with Gasteiger partial charge in [0.05, 0.1) is 24.8 Å². The van der Waals surface area contributed by atoms with Crippen LogP contribution in [0.4, 0.5) is 10.7 Å². The van der Waals surface area contributed by atoms with Gasteiger partial charge in [0, 0.05) is 39.5 Å². The fourth-order valence-corrected chi connectivity index (χ4v) is 3.32. The molecule has 2 atom stereocenters. The van der Waals surface area contributed by atoms with Crippen molar-refractivity contribution < 1.29 is 9.53 Å². The van der Waals surface area contributed by atoms with Gasteiger partial charge in [0.1, 0.15) is 0 Å². The molecule has 0 radical (unpaired) electrons. The van der Waals surface area contributed by atoms with E-state index < -0.39 is 0 Å². The number of nitrogens with one attached hydrogen (secondary N) is 1. The van der Waals surface area contributed by atoms with Crippen molar-refractivity contribution in [3.63, 3.8) is 0 Å². The molecule has 2 aliphatic heterocycles. The molecule has 0 bridgehead atoms. The summed E-state index contributed by atoms with van der Waals surface area (Å²) in [5.41, 5.74) is -0.226. The predicted molar refractivity (Wildman–Crippen MR) is 82.6 cm³/mol. The van der Waals surface area contributed by atoms with E-state index in [4.69, 9.17) is 4.74 Å². The van der Waals surface area contributed by atoms with Gasteiger partial charge in [0.2, 0.25) is 5.95 Å². The first-order chi connectivity index (χ1) is 10.6. The molecule has 22 heavy (non-hydrogen) atoms. The third-order valence-electron chi connectivity index (χ3n) is 4.30. The van der Waals surface area contributed by atoms with E-state index in [1.807, 2.05) is 4.90 Å². The first-order valence-electron chi connectivity index (χ1n) is 7.72. The van der Waals surface area contributed by atoms with Crippen LogP contribution in [0.2, 0.25) is 0 Å². The Balaban J connectivity index is 1.62. The number of likely N-dealkylation sites (tertiary alicyclic amines) is 1. The lowest BCUT2D eigenvalue weighted by atomic mass is 9.89. The molecule has 2 fully saturated rings. The highest BCUT2D eigenvalue weighted by Crippen LogP contribution is 2.35. The number of rotatable bonds is 2. The summed E-state index contributed by atoms with van der Waals surface area (Å²) in [7, 11) is 3.58. The Kier molecular flexibility index (Phi) is 4.15. The minimum Gasteiger partial charge on any atom is -0.371 e. The van der Waals surface area contributed by atoms with Gasteiger partial charge in [-0.15, -0.1) is 0 Å². The van der Waals surface area contributed by atoms with E-state index in [9.17, 15) is 4.79 Å². The highest BCUT2D eigenvalue weighted by Gasteiger charge is 2.44. The summed E-state index contributed by atoms with van der Waals surface area (Å²) in [5, 5.41) is 3.32. The van der Waals surface area contributed by atoms with E-state index in [1.54, 1.807) is 37.5 Å². The highest BCUT2D eigenvalue weighted by atomic mass is 16.5. The third kappa shape index (κ3) is 3.14. The van der Waals surface area contributed by atoms with Crippen LogP contribution < -0.4 is 5.32 Å². The highest BCUT2D eigenvalue weighted by molar-refractivity contribution is 5.74. The van der Waals surface area contributed by atoms with Gasteiger partial charge in [0.15, 0.2) is 0 Å². The van der Waals surface area contributed by atoms with Gasteiger partial charge in [0.25, 0.3) is 0 Å². The first-order valence-corrected chi connectivity index (χ1v) is 7.72. The molecule has 0 aliphatic carbocycles. The zero-order valence-electron chi connectivity index (χ0n) is 13.2. The Labute approximate surface area is 130 Å². The largest absolute Gasteiger partial charge is 0.371 e. The number of carbonyl (C=O) groups is 1. The number of amides is 2. The van der Waals surface area contributed by atoms with Gasteiger partial charge < -0.3 is 19.9 Å². The van der Waals surface area contributed by atoms with Crippen LogP contribution in [0, 0.1) is 0 Å². The topological polar surface area (TPSA) is 70.6 Å². The van der Waals surface area contributed by atoms with Crippen LogP contribution in [0.25, 0.3) is 0 Å². The van der Waals surface area contributed by atoms with Crippen molar-refractivity contribution in [1.29, 1.82) is 0 Å². The number of hydrogen-bond donors (Lipinski definition) is 1. The van der Waals surface area contributed by atoms with Crippen molar-refractivity contribution in [1.82, 2.24) is 19.8 Å². The quantitative estimate of drug-likeness (QED) is 0.889. The van der Waals surface area contributed by atoms with Gasteiger partial charge in [-0.05, 0) is 18.9 Å². The second-order valence-corrected chi connectivity index (χ2v) is 6.31. The van der Waals surface area contributed by atoms with Crippen LogP contribution in [0.1, 0.15) is 19.3 Å². The number of anilines is 1. The van der Waals surface area contributed by atoms with Crippen molar-refractivity contribution in [2.24, 2.45) is 0 Å². The summed E-state index contributed by atoms with van der Waals surface area (Å²) in [6.07, 6.45) is 6.30. The number of aromatic nitrogens is 2. The lowest BCUT2D eigenvalue weighted by Gasteiger charge is -2.40. The van der Waals surface area contributed by atoms with Crippen molar-refractivity contribution in [3.05, 3.63) is 18.5 Å². The molecule has 0 saturated carbocycles. The fraction of sp³-hybridized carbons (Fsp3) is 0.667. The van der Waals surface area contributed by atoms with Crippen LogP contribution in [0.15, 0.2) is 18.5 Å². The molecule has 3 rings (SSSR count). The monoisotopic (exact) mass is 305 g/mol. The van der Waals surface area contributed by atoms with Gasteiger partial charge >= 0.3 is 6.03 Å². The SMILES string of the molecule is CN(C)C(=O)N1CCC[C@]2(C[C@@H](Nc3ncccn3)CO2)C1. The van der Waals surface area contributed by atoms with Crippen LogP contribution in [0.3, 0.4) is 0 Å². The van der Waals surface area contributed by atoms with Gasteiger partial charge in [-0.3, -0.25) is 0 Å². The molecule has 2 saturated heterocycles. The molecule has 120 valence electrons. The van der Waals surface area contributed by atoms with Crippen LogP contribution in [-0.4, -0.2) is 71.2 Å². The molecular formula is C15H23N5O2. The summed E-state index contributed by atoms with van der Waals surface area (Å²) in [4.78, 5) is 24.1. The zero-order chi connectivity index (χ0) is 15.6. The Bertz CT molecular complexity index is 524. The number of ether oxygens (including phenoxy) is 1. The molecule has 0 unspecified atom stereocenters. The number of carbonyl (C=O) groups excluding carboxylic acids is 1. The van der Waals surface area contributed by atoms with Crippen molar-refractivity contribution in [3.8, 4) is 0 Å². The first kappa shape index (κ1) is 15.0. The van der Waals surface area contributed by atoms with Crippen LogP contribution in [-0.2, 0) is 4.74 Å². The fourth-order valence-electron chi connectivity index (χ4n) is 3.32. The van der Waals surface area contributed by atoms with E-state index in [-0.39, 0.29) is 17.7 Å². The summed E-state index contributed by atoms with van der Waals surface area (Å²) in [5.74, 6) is 0.630. The average molecular weight is 305 g/mol. The second kappa shape index (κ2) is 6.08. The molecule has 1 aromatic rings. The normalized spacial score (nSPS) is 27.9. The number of piperidine rings is 1. The maximum absolute atomic E-state index is 12.2. The molecule has 2 aliphatic rings. The number of nitrogens with zero attached hydrogens (tertiary/aromatic N) is 4. The average Bonchev–Trinajstić information content (AvgIpc) is 2.89. The molecular weight excluding hydrogens is 282 g/mol. The zero-order valence-corrected chi connectivity index (χ0v) is 13.2. The van der Waals surface area contributed by atoms with E-state index in [1.165, 1.54) is 0 Å². The Morgan fingerprint density at radius 3 is 2.95 bits per heavy atom. The molecule has 3 heterocycles. The van der Waals surface area contributed by atoms with Crippen LogP contribution in [0.5, 0.6) is 0 Å². The minimum atomic E-state index is -0.226. The Morgan fingerprint density at radius 1 is 1.45 bits per heavy atom. The third-order valence-corrected chi connectivity index (χ3v) is 4.30. The van der Waals surface area contributed by atoms with Crippen LogP contribution >= 0.6 is 0 Å².